The molecule has 0 aliphatic rings. The fourth-order valence-electron chi connectivity index (χ4n) is 2.18. The van der Waals surface area contributed by atoms with Crippen LogP contribution in [0.5, 0.6) is 5.75 Å². The molecule has 5 heteroatoms. The molecule has 5 nitrogen and oxygen atoms in total. The second kappa shape index (κ2) is 8.87. The first-order valence-electron chi connectivity index (χ1n) is 8.44. The number of benzene rings is 2. The van der Waals surface area contributed by atoms with Gasteiger partial charge in [0.25, 0.3) is 11.8 Å². The number of carbonyl (C=O) groups is 2. The van der Waals surface area contributed by atoms with Crippen LogP contribution in [0.4, 0.5) is 5.69 Å². The van der Waals surface area contributed by atoms with E-state index in [0.29, 0.717) is 23.4 Å². The number of anilines is 1. The summed E-state index contributed by atoms with van der Waals surface area (Å²) in [6.45, 7) is 6.51. The topological polar surface area (TPSA) is 67.4 Å². The van der Waals surface area contributed by atoms with Gasteiger partial charge in [-0.2, -0.15) is 0 Å². The lowest BCUT2D eigenvalue weighted by molar-refractivity contribution is 0.0942. The first-order valence-corrected chi connectivity index (χ1v) is 8.44. The van der Waals surface area contributed by atoms with E-state index in [4.69, 9.17) is 4.74 Å². The third-order valence-electron chi connectivity index (χ3n) is 3.41. The fraction of sp³-hybridized carbons (Fsp3) is 0.300. The average Bonchev–Trinajstić information content (AvgIpc) is 2.60. The summed E-state index contributed by atoms with van der Waals surface area (Å²) in [5.41, 5.74) is 1.74. The predicted molar refractivity (Wildman–Crippen MR) is 99.2 cm³/mol. The van der Waals surface area contributed by atoms with Gasteiger partial charge in [0.1, 0.15) is 5.75 Å². The van der Waals surface area contributed by atoms with Gasteiger partial charge in [-0.15, -0.1) is 0 Å². The molecule has 0 spiro atoms. The Balaban J connectivity index is 1.97. The molecular weight excluding hydrogens is 316 g/mol. The first kappa shape index (κ1) is 18.5. The largest absolute Gasteiger partial charge is 0.494 e. The summed E-state index contributed by atoms with van der Waals surface area (Å²) in [5.74, 6) is 0.413. The van der Waals surface area contributed by atoms with Crippen molar-refractivity contribution in [3.05, 3.63) is 59.7 Å². The molecular formula is C20H24N2O3. The minimum absolute atomic E-state index is 0.0798. The van der Waals surface area contributed by atoms with Crippen molar-refractivity contribution in [1.82, 2.24) is 5.32 Å². The smallest absolute Gasteiger partial charge is 0.255 e. The standard InChI is InChI=1S/C20H24N2O3/c1-4-13-25-18-11-7-16(8-12-18)20(24)22-17-9-5-15(6-10-17)19(23)21-14(2)3/h5-12,14H,4,13H2,1-3H3,(H,21,23)(H,22,24). The lowest BCUT2D eigenvalue weighted by atomic mass is 10.1. The van der Waals surface area contributed by atoms with Crippen LogP contribution in [-0.4, -0.2) is 24.5 Å². The van der Waals surface area contributed by atoms with E-state index in [-0.39, 0.29) is 17.9 Å². The van der Waals surface area contributed by atoms with Gasteiger partial charge in [-0.3, -0.25) is 9.59 Å². The molecule has 0 aromatic heterocycles. The Kier molecular flexibility index (Phi) is 6.57. The average molecular weight is 340 g/mol. The molecule has 0 heterocycles. The van der Waals surface area contributed by atoms with Crippen molar-refractivity contribution in [2.45, 2.75) is 33.2 Å². The Morgan fingerprint density at radius 2 is 1.48 bits per heavy atom. The normalized spacial score (nSPS) is 10.4. The molecule has 0 unspecified atom stereocenters. The molecule has 0 radical (unpaired) electrons. The SMILES string of the molecule is CCCOc1ccc(C(=O)Nc2ccc(C(=O)NC(C)C)cc2)cc1. The molecule has 0 aliphatic carbocycles. The highest BCUT2D eigenvalue weighted by atomic mass is 16.5. The van der Waals surface area contributed by atoms with Crippen molar-refractivity contribution in [1.29, 1.82) is 0 Å². The van der Waals surface area contributed by atoms with E-state index < -0.39 is 0 Å². The zero-order chi connectivity index (χ0) is 18.2. The molecule has 2 N–H and O–H groups in total. The molecule has 0 fully saturated rings. The van der Waals surface area contributed by atoms with Crippen LogP contribution in [0.15, 0.2) is 48.5 Å². The van der Waals surface area contributed by atoms with Crippen molar-refractivity contribution in [2.24, 2.45) is 0 Å². The zero-order valence-corrected chi connectivity index (χ0v) is 14.8. The maximum atomic E-state index is 12.3. The number of nitrogens with one attached hydrogen (secondary N) is 2. The van der Waals surface area contributed by atoms with Gasteiger partial charge in [-0.25, -0.2) is 0 Å². The van der Waals surface area contributed by atoms with Crippen molar-refractivity contribution in [2.75, 3.05) is 11.9 Å². The zero-order valence-electron chi connectivity index (χ0n) is 14.8. The number of amides is 2. The minimum atomic E-state index is -0.207. The van der Waals surface area contributed by atoms with E-state index in [0.717, 1.165) is 12.2 Å². The van der Waals surface area contributed by atoms with E-state index in [2.05, 4.69) is 10.6 Å². The van der Waals surface area contributed by atoms with Gasteiger partial charge in [0.15, 0.2) is 0 Å². The van der Waals surface area contributed by atoms with E-state index in [9.17, 15) is 9.59 Å². The van der Waals surface area contributed by atoms with E-state index in [1.165, 1.54) is 0 Å². The van der Waals surface area contributed by atoms with Gasteiger partial charge in [-0.05, 0) is 68.8 Å². The van der Waals surface area contributed by atoms with E-state index in [1.54, 1.807) is 48.5 Å². The summed E-state index contributed by atoms with van der Waals surface area (Å²) in [7, 11) is 0. The molecule has 2 rings (SSSR count). The van der Waals surface area contributed by atoms with Crippen molar-refractivity contribution in [3.8, 4) is 5.75 Å². The van der Waals surface area contributed by atoms with Gasteiger partial charge >= 0.3 is 0 Å². The third-order valence-corrected chi connectivity index (χ3v) is 3.41. The number of carbonyl (C=O) groups excluding carboxylic acids is 2. The molecule has 0 aliphatic heterocycles. The lowest BCUT2D eigenvalue weighted by Crippen LogP contribution is -2.30. The number of hydrogen-bond donors (Lipinski definition) is 2. The Labute approximate surface area is 148 Å². The van der Waals surface area contributed by atoms with Crippen LogP contribution >= 0.6 is 0 Å². The van der Waals surface area contributed by atoms with Crippen LogP contribution < -0.4 is 15.4 Å². The molecule has 25 heavy (non-hydrogen) atoms. The monoisotopic (exact) mass is 340 g/mol. The number of rotatable bonds is 7. The van der Waals surface area contributed by atoms with Crippen LogP contribution in [0, 0.1) is 0 Å². The molecule has 0 bridgehead atoms. The van der Waals surface area contributed by atoms with Crippen LogP contribution in [0.1, 0.15) is 47.9 Å². The van der Waals surface area contributed by atoms with E-state index >= 15 is 0 Å². The van der Waals surface area contributed by atoms with Gasteiger partial charge < -0.3 is 15.4 Å². The predicted octanol–water partition coefficient (Wildman–Crippen LogP) is 3.87. The second-order valence-corrected chi connectivity index (χ2v) is 6.03. The van der Waals surface area contributed by atoms with Crippen LogP contribution in [0.25, 0.3) is 0 Å². The second-order valence-electron chi connectivity index (χ2n) is 6.03. The Bertz CT molecular complexity index is 707. The van der Waals surface area contributed by atoms with Gasteiger partial charge in [0.2, 0.25) is 0 Å². The number of ether oxygens (including phenoxy) is 1. The summed E-state index contributed by atoms with van der Waals surface area (Å²) < 4.78 is 5.50. The highest BCUT2D eigenvalue weighted by Crippen LogP contribution is 2.15. The molecule has 2 amide bonds. The van der Waals surface area contributed by atoms with Crippen molar-refractivity contribution in [3.63, 3.8) is 0 Å². The highest BCUT2D eigenvalue weighted by molar-refractivity contribution is 6.04. The molecule has 0 saturated carbocycles. The summed E-state index contributed by atoms with van der Waals surface area (Å²) in [6.07, 6.45) is 0.938. The van der Waals surface area contributed by atoms with Crippen molar-refractivity contribution < 1.29 is 14.3 Å². The Hall–Kier alpha value is -2.82. The van der Waals surface area contributed by atoms with Crippen LogP contribution in [0.2, 0.25) is 0 Å². The summed E-state index contributed by atoms with van der Waals surface area (Å²) >= 11 is 0. The molecule has 0 saturated heterocycles. The van der Waals surface area contributed by atoms with Gasteiger partial charge in [-0.1, -0.05) is 6.92 Å². The summed E-state index contributed by atoms with van der Waals surface area (Å²) in [5, 5.41) is 5.64. The molecule has 0 atom stereocenters. The Morgan fingerprint density at radius 1 is 0.920 bits per heavy atom. The quantitative estimate of drug-likeness (QED) is 0.804. The first-order chi connectivity index (χ1) is 12.0. The lowest BCUT2D eigenvalue weighted by Gasteiger charge is -2.10. The molecule has 2 aromatic rings. The molecule has 132 valence electrons. The molecule has 2 aromatic carbocycles. The maximum absolute atomic E-state index is 12.3. The fourth-order valence-corrected chi connectivity index (χ4v) is 2.18. The van der Waals surface area contributed by atoms with Crippen molar-refractivity contribution >= 4 is 17.5 Å². The summed E-state index contributed by atoms with van der Waals surface area (Å²) in [6, 6.07) is 13.9. The van der Waals surface area contributed by atoms with Gasteiger partial charge in [0, 0.05) is 22.9 Å². The minimum Gasteiger partial charge on any atom is -0.494 e. The maximum Gasteiger partial charge on any atom is 0.255 e. The van der Waals surface area contributed by atoms with Gasteiger partial charge in [0.05, 0.1) is 6.61 Å². The van der Waals surface area contributed by atoms with Crippen LogP contribution in [-0.2, 0) is 0 Å². The number of hydrogen-bond acceptors (Lipinski definition) is 3. The summed E-state index contributed by atoms with van der Waals surface area (Å²) in [4.78, 5) is 24.2. The van der Waals surface area contributed by atoms with Crippen LogP contribution in [0.3, 0.4) is 0 Å². The van der Waals surface area contributed by atoms with E-state index in [1.807, 2.05) is 20.8 Å². The Morgan fingerprint density at radius 3 is 2.04 bits per heavy atom. The third kappa shape index (κ3) is 5.64. The highest BCUT2D eigenvalue weighted by Gasteiger charge is 2.09.